The Hall–Kier alpha value is -2.48. The van der Waals surface area contributed by atoms with E-state index in [1.54, 1.807) is 4.52 Å². The highest BCUT2D eigenvalue weighted by atomic mass is 16.5. The van der Waals surface area contributed by atoms with Crippen LogP contribution < -0.4 is 4.90 Å². The molecule has 1 fully saturated rings. The fourth-order valence-corrected chi connectivity index (χ4v) is 2.91. The quantitative estimate of drug-likeness (QED) is 0.715. The number of anilines is 1. The minimum Gasteiger partial charge on any atom is -0.361 e. The van der Waals surface area contributed by atoms with Crippen LogP contribution in [0.5, 0.6) is 0 Å². The SMILES string of the molecule is Cc1cc(CN2CCN(c3ccc4nnc(C)n4n3)CC2)no1. The Kier molecular flexibility index (Phi) is 3.45. The predicted molar refractivity (Wildman–Crippen MR) is 84.2 cm³/mol. The van der Waals surface area contributed by atoms with Crippen molar-refractivity contribution < 1.29 is 4.52 Å². The molecule has 120 valence electrons. The van der Waals surface area contributed by atoms with Crippen molar-refractivity contribution in [2.75, 3.05) is 31.1 Å². The minimum absolute atomic E-state index is 0.784. The first-order valence-corrected chi connectivity index (χ1v) is 7.77. The molecule has 0 N–H and O–H groups in total. The van der Waals surface area contributed by atoms with Crippen molar-refractivity contribution >= 4 is 11.5 Å². The first-order chi connectivity index (χ1) is 11.2. The molecule has 1 aliphatic rings. The number of nitrogens with zero attached hydrogens (tertiary/aromatic N) is 7. The summed E-state index contributed by atoms with van der Waals surface area (Å²) in [7, 11) is 0. The highest BCUT2D eigenvalue weighted by molar-refractivity contribution is 5.46. The molecule has 8 nitrogen and oxygen atoms in total. The van der Waals surface area contributed by atoms with Gasteiger partial charge in [0.1, 0.15) is 11.6 Å². The fourth-order valence-electron chi connectivity index (χ4n) is 2.91. The second-order valence-corrected chi connectivity index (χ2v) is 5.90. The molecule has 4 heterocycles. The normalized spacial score (nSPS) is 16.3. The van der Waals surface area contributed by atoms with E-state index in [4.69, 9.17) is 4.52 Å². The van der Waals surface area contributed by atoms with Crippen molar-refractivity contribution in [1.29, 1.82) is 0 Å². The number of rotatable bonds is 3. The molecular weight excluding hydrogens is 294 g/mol. The molecule has 0 aromatic carbocycles. The van der Waals surface area contributed by atoms with Gasteiger partial charge in [0.15, 0.2) is 11.5 Å². The third kappa shape index (κ3) is 2.77. The monoisotopic (exact) mass is 313 g/mol. The van der Waals surface area contributed by atoms with Gasteiger partial charge in [-0.1, -0.05) is 5.16 Å². The zero-order chi connectivity index (χ0) is 15.8. The highest BCUT2D eigenvalue weighted by Crippen LogP contribution is 2.16. The summed E-state index contributed by atoms with van der Waals surface area (Å²) in [5.41, 5.74) is 1.78. The number of aromatic nitrogens is 5. The molecule has 0 bridgehead atoms. The molecule has 3 aromatic heterocycles. The van der Waals surface area contributed by atoms with E-state index in [0.29, 0.717) is 0 Å². The first kappa shape index (κ1) is 14.1. The number of hydrogen-bond donors (Lipinski definition) is 0. The zero-order valence-electron chi connectivity index (χ0n) is 13.3. The second-order valence-electron chi connectivity index (χ2n) is 5.90. The van der Waals surface area contributed by atoms with E-state index in [1.807, 2.05) is 32.0 Å². The van der Waals surface area contributed by atoms with E-state index in [2.05, 4.69) is 30.3 Å². The Bertz CT molecular complexity index is 816. The zero-order valence-corrected chi connectivity index (χ0v) is 13.3. The van der Waals surface area contributed by atoms with Crippen molar-refractivity contribution in [3.63, 3.8) is 0 Å². The number of hydrogen-bond acceptors (Lipinski definition) is 7. The summed E-state index contributed by atoms with van der Waals surface area (Å²) in [6.07, 6.45) is 0. The topological polar surface area (TPSA) is 75.6 Å². The lowest BCUT2D eigenvalue weighted by atomic mass is 10.2. The summed E-state index contributed by atoms with van der Waals surface area (Å²) >= 11 is 0. The van der Waals surface area contributed by atoms with E-state index in [0.717, 1.165) is 61.5 Å². The van der Waals surface area contributed by atoms with Gasteiger partial charge in [-0.2, -0.15) is 4.52 Å². The van der Waals surface area contributed by atoms with Gasteiger partial charge in [-0.3, -0.25) is 4.90 Å². The molecule has 0 radical (unpaired) electrons. The number of fused-ring (bicyclic) bond motifs is 1. The molecule has 4 rings (SSSR count). The van der Waals surface area contributed by atoms with Gasteiger partial charge in [0.25, 0.3) is 0 Å². The predicted octanol–water partition coefficient (Wildman–Crippen LogP) is 1.05. The minimum atomic E-state index is 0.784. The van der Waals surface area contributed by atoms with Crippen LogP contribution in [0.25, 0.3) is 5.65 Å². The van der Waals surface area contributed by atoms with Crippen LogP contribution in [-0.4, -0.2) is 56.0 Å². The Morgan fingerprint density at radius 2 is 1.91 bits per heavy atom. The maximum Gasteiger partial charge on any atom is 0.178 e. The van der Waals surface area contributed by atoms with Crippen LogP contribution in [0.4, 0.5) is 5.82 Å². The Labute approximate surface area is 133 Å². The van der Waals surface area contributed by atoms with Crippen molar-refractivity contribution in [3.05, 3.63) is 35.5 Å². The lowest BCUT2D eigenvalue weighted by molar-refractivity contribution is 0.241. The molecule has 8 heteroatoms. The molecule has 0 amide bonds. The lowest BCUT2D eigenvalue weighted by Gasteiger charge is -2.34. The molecule has 1 saturated heterocycles. The fraction of sp³-hybridized carbons (Fsp3) is 0.467. The van der Waals surface area contributed by atoms with Crippen molar-refractivity contribution in [1.82, 2.24) is 29.9 Å². The highest BCUT2D eigenvalue weighted by Gasteiger charge is 2.19. The molecule has 0 spiro atoms. The Morgan fingerprint density at radius 1 is 1.09 bits per heavy atom. The van der Waals surface area contributed by atoms with Gasteiger partial charge in [-0.15, -0.1) is 15.3 Å². The van der Waals surface area contributed by atoms with Crippen LogP contribution in [0.3, 0.4) is 0 Å². The summed E-state index contributed by atoms with van der Waals surface area (Å²) < 4.78 is 6.92. The van der Waals surface area contributed by atoms with Gasteiger partial charge in [-0.05, 0) is 26.0 Å². The molecule has 0 aliphatic carbocycles. The van der Waals surface area contributed by atoms with E-state index in [-0.39, 0.29) is 0 Å². The van der Waals surface area contributed by atoms with Gasteiger partial charge in [0, 0.05) is 38.8 Å². The summed E-state index contributed by atoms with van der Waals surface area (Å²) in [5.74, 6) is 2.64. The molecule has 0 unspecified atom stereocenters. The van der Waals surface area contributed by atoms with Gasteiger partial charge >= 0.3 is 0 Å². The largest absolute Gasteiger partial charge is 0.361 e. The molecular formula is C15H19N7O. The standard InChI is InChI=1S/C15H19N7O/c1-11-9-13(19-23-11)10-20-5-7-21(8-6-20)15-4-3-14-17-16-12(2)22(14)18-15/h3-4,9H,5-8,10H2,1-2H3. The smallest absolute Gasteiger partial charge is 0.178 e. The van der Waals surface area contributed by atoms with Crippen molar-refractivity contribution in [2.45, 2.75) is 20.4 Å². The van der Waals surface area contributed by atoms with Crippen LogP contribution in [0.1, 0.15) is 17.3 Å². The molecule has 0 saturated carbocycles. The van der Waals surface area contributed by atoms with E-state index < -0.39 is 0 Å². The van der Waals surface area contributed by atoms with E-state index in [9.17, 15) is 0 Å². The molecule has 23 heavy (non-hydrogen) atoms. The van der Waals surface area contributed by atoms with Crippen molar-refractivity contribution in [2.24, 2.45) is 0 Å². The van der Waals surface area contributed by atoms with Crippen LogP contribution in [0.15, 0.2) is 22.7 Å². The van der Waals surface area contributed by atoms with Gasteiger partial charge < -0.3 is 9.42 Å². The summed E-state index contributed by atoms with van der Waals surface area (Å²) in [4.78, 5) is 4.68. The van der Waals surface area contributed by atoms with Gasteiger partial charge in [-0.25, -0.2) is 0 Å². The summed E-state index contributed by atoms with van der Waals surface area (Å²) in [5, 5.41) is 16.8. The van der Waals surface area contributed by atoms with Crippen LogP contribution in [0, 0.1) is 13.8 Å². The summed E-state index contributed by atoms with van der Waals surface area (Å²) in [6, 6.07) is 5.98. The average molecular weight is 313 g/mol. The van der Waals surface area contributed by atoms with E-state index in [1.165, 1.54) is 0 Å². The van der Waals surface area contributed by atoms with Crippen LogP contribution in [0.2, 0.25) is 0 Å². The van der Waals surface area contributed by atoms with Crippen molar-refractivity contribution in [3.8, 4) is 0 Å². The Morgan fingerprint density at radius 3 is 2.65 bits per heavy atom. The maximum atomic E-state index is 5.13. The third-order valence-corrected chi connectivity index (χ3v) is 4.16. The number of piperazine rings is 1. The Balaban J connectivity index is 1.42. The number of aryl methyl sites for hydroxylation is 2. The average Bonchev–Trinajstić information content (AvgIpc) is 3.14. The summed E-state index contributed by atoms with van der Waals surface area (Å²) in [6.45, 7) is 8.51. The molecule has 1 aliphatic heterocycles. The third-order valence-electron chi connectivity index (χ3n) is 4.16. The lowest BCUT2D eigenvalue weighted by Crippen LogP contribution is -2.46. The van der Waals surface area contributed by atoms with Gasteiger partial charge in [0.05, 0.1) is 5.69 Å². The van der Waals surface area contributed by atoms with E-state index >= 15 is 0 Å². The van der Waals surface area contributed by atoms with Crippen LogP contribution >= 0.6 is 0 Å². The second kappa shape index (κ2) is 5.62. The maximum absolute atomic E-state index is 5.13. The van der Waals surface area contributed by atoms with Crippen LogP contribution in [-0.2, 0) is 6.54 Å². The molecule has 3 aromatic rings. The van der Waals surface area contributed by atoms with Gasteiger partial charge in [0.2, 0.25) is 0 Å². The first-order valence-electron chi connectivity index (χ1n) is 7.77. The molecule has 0 atom stereocenters.